The second-order valence-electron chi connectivity index (χ2n) is 5.25. The van der Waals surface area contributed by atoms with Crippen LogP contribution in [0.15, 0.2) is 17.0 Å². The first kappa shape index (κ1) is 15.9. The number of hydrogen-bond donors (Lipinski definition) is 1. The molecule has 1 aliphatic carbocycles. The first-order chi connectivity index (χ1) is 9.29. The van der Waals surface area contributed by atoms with E-state index in [9.17, 15) is 8.42 Å². The predicted molar refractivity (Wildman–Crippen MR) is 79.9 cm³/mol. The van der Waals surface area contributed by atoms with Crippen LogP contribution in [-0.2, 0) is 10.0 Å². The third-order valence-electron chi connectivity index (χ3n) is 3.50. The molecular formula is C13H17Cl2NO3S. The Balaban J connectivity index is 2.24. The maximum absolute atomic E-state index is 11.3. The number of hydrogen-bond acceptors (Lipinski definition) is 3. The van der Waals surface area contributed by atoms with Gasteiger partial charge in [-0.2, -0.15) is 0 Å². The summed E-state index contributed by atoms with van der Waals surface area (Å²) in [5, 5.41) is 5.07. The summed E-state index contributed by atoms with van der Waals surface area (Å²) in [4.78, 5) is -0.187. The van der Waals surface area contributed by atoms with Crippen LogP contribution in [0, 0.1) is 5.92 Å². The van der Waals surface area contributed by atoms with Crippen molar-refractivity contribution in [3.05, 3.63) is 22.2 Å². The molecule has 0 spiro atoms. The second-order valence-corrected chi connectivity index (χ2v) is 7.53. The molecule has 1 aromatic rings. The van der Waals surface area contributed by atoms with Crippen molar-refractivity contribution in [3.63, 3.8) is 0 Å². The molecule has 7 heteroatoms. The van der Waals surface area contributed by atoms with Crippen LogP contribution in [0.5, 0.6) is 5.75 Å². The molecule has 2 rings (SSSR count). The van der Waals surface area contributed by atoms with E-state index in [1.807, 2.05) is 0 Å². The van der Waals surface area contributed by atoms with Crippen molar-refractivity contribution in [1.82, 2.24) is 0 Å². The van der Waals surface area contributed by atoms with Gasteiger partial charge in [0.05, 0.1) is 11.1 Å². The zero-order valence-electron chi connectivity index (χ0n) is 11.1. The summed E-state index contributed by atoms with van der Waals surface area (Å²) >= 11 is 12.0. The van der Waals surface area contributed by atoms with E-state index >= 15 is 0 Å². The van der Waals surface area contributed by atoms with Crippen molar-refractivity contribution in [1.29, 1.82) is 0 Å². The fraction of sp³-hybridized carbons (Fsp3) is 0.538. The molecule has 0 saturated heterocycles. The molecular weight excluding hydrogens is 321 g/mol. The smallest absolute Gasteiger partial charge is 0.239 e. The lowest BCUT2D eigenvalue weighted by Gasteiger charge is -2.27. The van der Waals surface area contributed by atoms with E-state index in [0.717, 1.165) is 19.3 Å². The maximum atomic E-state index is 11.3. The van der Waals surface area contributed by atoms with Crippen LogP contribution < -0.4 is 9.88 Å². The van der Waals surface area contributed by atoms with Crippen LogP contribution in [0.1, 0.15) is 32.6 Å². The van der Waals surface area contributed by atoms with E-state index in [-0.39, 0.29) is 21.0 Å². The van der Waals surface area contributed by atoms with Gasteiger partial charge in [-0.3, -0.25) is 0 Å². The van der Waals surface area contributed by atoms with Gasteiger partial charge in [0.25, 0.3) is 0 Å². The van der Waals surface area contributed by atoms with Gasteiger partial charge in [-0.15, -0.1) is 0 Å². The van der Waals surface area contributed by atoms with Crippen molar-refractivity contribution in [3.8, 4) is 5.75 Å². The third kappa shape index (κ3) is 3.58. The molecule has 1 aliphatic rings. The lowest BCUT2D eigenvalue weighted by Crippen LogP contribution is -2.24. The lowest BCUT2D eigenvalue weighted by molar-refractivity contribution is 0.129. The summed E-state index contributed by atoms with van der Waals surface area (Å²) in [5.74, 6) is 1.02. The second kappa shape index (κ2) is 6.10. The minimum absolute atomic E-state index is 0.0875. The van der Waals surface area contributed by atoms with Gasteiger partial charge in [-0.1, -0.05) is 36.5 Å². The van der Waals surface area contributed by atoms with Crippen LogP contribution in [0.3, 0.4) is 0 Å². The number of halogens is 2. The van der Waals surface area contributed by atoms with Crippen molar-refractivity contribution in [2.24, 2.45) is 11.1 Å². The third-order valence-corrected chi connectivity index (χ3v) is 5.43. The van der Waals surface area contributed by atoms with Gasteiger partial charge in [-0.25, -0.2) is 13.6 Å². The molecule has 1 aromatic carbocycles. The Morgan fingerprint density at radius 3 is 2.55 bits per heavy atom. The molecule has 2 unspecified atom stereocenters. The molecule has 2 atom stereocenters. The van der Waals surface area contributed by atoms with E-state index < -0.39 is 10.0 Å². The Hall–Kier alpha value is -0.490. The molecule has 112 valence electrons. The minimum Gasteiger partial charge on any atom is -0.489 e. The highest BCUT2D eigenvalue weighted by Crippen LogP contribution is 2.38. The van der Waals surface area contributed by atoms with Crippen LogP contribution in [0.25, 0.3) is 0 Å². The zero-order valence-corrected chi connectivity index (χ0v) is 13.4. The first-order valence-corrected chi connectivity index (χ1v) is 8.76. The molecule has 0 amide bonds. The summed E-state index contributed by atoms with van der Waals surface area (Å²) in [6.07, 6.45) is 4.35. The van der Waals surface area contributed by atoms with Crippen molar-refractivity contribution in [2.45, 2.75) is 43.6 Å². The number of nitrogens with two attached hydrogens (primary N) is 1. The number of ether oxygens (including phenoxy) is 1. The molecule has 0 heterocycles. The monoisotopic (exact) mass is 337 g/mol. The van der Waals surface area contributed by atoms with Gasteiger partial charge >= 0.3 is 0 Å². The molecule has 1 saturated carbocycles. The summed E-state index contributed by atoms with van der Waals surface area (Å²) in [6, 6.07) is 2.83. The Kier molecular flexibility index (Phi) is 4.84. The number of primary sulfonamides is 1. The van der Waals surface area contributed by atoms with Crippen molar-refractivity contribution in [2.75, 3.05) is 0 Å². The summed E-state index contributed by atoms with van der Waals surface area (Å²) in [5.41, 5.74) is 0. The number of sulfonamides is 1. The molecule has 1 fully saturated rings. The summed E-state index contributed by atoms with van der Waals surface area (Å²) < 4.78 is 28.5. The normalized spacial score (nSPS) is 23.6. The Bertz CT molecular complexity index is 604. The van der Waals surface area contributed by atoms with Gasteiger partial charge in [0.1, 0.15) is 15.7 Å². The van der Waals surface area contributed by atoms with E-state index in [0.29, 0.717) is 11.7 Å². The fourth-order valence-corrected chi connectivity index (χ4v) is 3.84. The predicted octanol–water partition coefficient (Wildman–Crippen LogP) is 3.60. The zero-order chi connectivity index (χ0) is 14.9. The Morgan fingerprint density at radius 1 is 1.25 bits per heavy atom. The standard InChI is InChI=1S/C13H17Cl2NO3S/c1-8-3-2-4-9(7-8)19-10-5-6-11(20(16,17)18)13(15)12(10)14/h5-6,8-9H,2-4,7H2,1H3,(H2,16,17,18). The molecule has 4 nitrogen and oxygen atoms in total. The lowest BCUT2D eigenvalue weighted by atomic mass is 9.89. The molecule has 20 heavy (non-hydrogen) atoms. The van der Waals surface area contributed by atoms with Crippen LogP contribution in [0.4, 0.5) is 0 Å². The Labute approximate surface area is 129 Å². The first-order valence-electron chi connectivity index (χ1n) is 6.46. The van der Waals surface area contributed by atoms with Crippen LogP contribution in [0.2, 0.25) is 10.0 Å². The molecule has 0 radical (unpaired) electrons. The van der Waals surface area contributed by atoms with Gasteiger partial charge in [0.15, 0.2) is 0 Å². The highest BCUT2D eigenvalue weighted by atomic mass is 35.5. The van der Waals surface area contributed by atoms with Gasteiger partial charge < -0.3 is 4.74 Å². The summed E-state index contributed by atoms with van der Waals surface area (Å²) in [7, 11) is -3.89. The SMILES string of the molecule is CC1CCCC(Oc2ccc(S(N)(=O)=O)c(Cl)c2Cl)C1. The summed E-state index contributed by atoms with van der Waals surface area (Å²) in [6.45, 7) is 2.19. The van der Waals surface area contributed by atoms with Gasteiger partial charge in [0, 0.05) is 0 Å². The largest absolute Gasteiger partial charge is 0.489 e. The van der Waals surface area contributed by atoms with E-state index in [1.165, 1.54) is 18.6 Å². The fourth-order valence-electron chi connectivity index (χ4n) is 2.49. The molecule has 0 aromatic heterocycles. The molecule has 0 bridgehead atoms. The van der Waals surface area contributed by atoms with E-state index in [2.05, 4.69) is 6.92 Å². The van der Waals surface area contributed by atoms with Crippen LogP contribution in [-0.4, -0.2) is 14.5 Å². The van der Waals surface area contributed by atoms with Crippen molar-refractivity contribution >= 4 is 33.2 Å². The van der Waals surface area contributed by atoms with Crippen molar-refractivity contribution < 1.29 is 13.2 Å². The minimum atomic E-state index is -3.89. The number of benzene rings is 1. The molecule has 2 N–H and O–H groups in total. The van der Waals surface area contributed by atoms with E-state index in [1.54, 1.807) is 0 Å². The molecule has 0 aliphatic heterocycles. The van der Waals surface area contributed by atoms with E-state index in [4.69, 9.17) is 33.1 Å². The highest BCUT2D eigenvalue weighted by molar-refractivity contribution is 7.89. The van der Waals surface area contributed by atoms with Crippen LogP contribution >= 0.6 is 23.2 Å². The van der Waals surface area contributed by atoms with Gasteiger partial charge in [0.2, 0.25) is 10.0 Å². The average molecular weight is 338 g/mol. The highest BCUT2D eigenvalue weighted by Gasteiger charge is 2.23. The average Bonchev–Trinajstić information content (AvgIpc) is 2.33. The topological polar surface area (TPSA) is 69.4 Å². The maximum Gasteiger partial charge on any atom is 0.239 e. The van der Waals surface area contributed by atoms with Gasteiger partial charge in [-0.05, 0) is 37.3 Å². The quantitative estimate of drug-likeness (QED) is 0.915. The number of rotatable bonds is 3. The Morgan fingerprint density at radius 2 is 1.95 bits per heavy atom.